The maximum absolute atomic E-state index is 12.9. The maximum atomic E-state index is 12.9. The summed E-state index contributed by atoms with van der Waals surface area (Å²) in [5.74, 6) is 1.16. The van der Waals surface area contributed by atoms with Crippen LogP contribution < -0.4 is 19.7 Å². The molecule has 0 radical (unpaired) electrons. The van der Waals surface area contributed by atoms with Gasteiger partial charge in [-0.15, -0.1) is 0 Å². The van der Waals surface area contributed by atoms with Crippen molar-refractivity contribution in [3.8, 4) is 11.5 Å². The van der Waals surface area contributed by atoms with E-state index < -0.39 is 6.10 Å². The van der Waals surface area contributed by atoms with Crippen LogP contribution >= 0.6 is 0 Å². The third-order valence-electron chi connectivity index (χ3n) is 5.51. The molecular formula is C27H28N2O4. The molecule has 1 N–H and O–H groups in total. The molecule has 2 amide bonds. The van der Waals surface area contributed by atoms with Gasteiger partial charge >= 0.3 is 0 Å². The van der Waals surface area contributed by atoms with Crippen LogP contribution in [-0.2, 0) is 22.6 Å². The highest BCUT2D eigenvalue weighted by Crippen LogP contribution is 2.37. The first-order valence-corrected chi connectivity index (χ1v) is 11.1. The van der Waals surface area contributed by atoms with Crippen LogP contribution in [0.3, 0.4) is 0 Å². The lowest BCUT2D eigenvalue weighted by Gasteiger charge is -2.33. The van der Waals surface area contributed by atoms with E-state index in [9.17, 15) is 9.59 Å². The number of carbonyl (C=O) groups excluding carboxylic acids is 2. The zero-order chi connectivity index (χ0) is 23.4. The van der Waals surface area contributed by atoms with Crippen molar-refractivity contribution in [3.05, 3.63) is 83.4 Å². The molecule has 1 unspecified atom stereocenters. The zero-order valence-corrected chi connectivity index (χ0v) is 19.1. The number of hydrogen-bond donors (Lipinski definition) is 1. The molecule has 0 spiro atoms. The standard InChI is InChI=1S/C27H28N2O4/c1-4-32-23-12-9-20(10-13-23)15-26(30)28-22-11-14-25-24(16-22)29(27(31)19(3)33-25)17-21-7-5-18(2)6-8-21/h5-14,16,19H,4,15,17H2,1-3H3,(H,28,30). The van der Waals surface area contributed by atoms with Crippen LogP contribution in [0, 0.1) is 6.92 Å². The fourth-order valence-corrected chi connectivity index (χ4v) is 3.78. The molecule has 1 aliphatic rings. The largest absolute Gasteiger partial charge is 0.494 e. The summed E-state index contributed by atoms with van der Waals surface area (Å²) in [7, 11) is 0. The first kappa shape index (κ1) is 22.4. The first-order chi connectivity index (χ1) is 15.9. The Morgan fingerprint density at radius 2 is 1.73 bits per heavy atom. The average molecular weight is 445 g/mol. The van der Waals surface area contributed by atoms with Crippen LogP contribution in [0.25, 0.3) is 0 Å². The lowest BCUT2D eigenvalue weighted by Crippen LogP contribution is -2.44. The van der Waals surface area contributed by atoms with Crippen LogP contribution in [0.1, 0.15) is 30.5 Å². The molecule has 1 atom stereocenters. The minimum absolute atomic E-state index is 0.110. The van der Waals surface area contributed by atoms with Crippen molar-refractivity contribution in [3.63, 3.8) is 0 Å². The molecule has 0 bridgehead atoms. The Bertz CT molecular complexity index is 1140. The molecule has 6 heteroatoms. The summed E-state index contributed by atoms with van der Waals surface area (Å²) in [6, 6.07) is 21.0. The number of anilines is 2. The molecule has 33 heavy (non-hydrogen) atoms. The number of aryl methyl sites for hydroxylation is 1. The van der Waals surface area contributed by atoms with E-state index in [0.29, 0.717) is 30.3 Å². The van der Waals surface area contributed by atoms with Gasteiger partial charge in [0.2, 0.25) is 5.91 Å². The third kappa shape index (κ3) is 5.34. The fourth-order valence-electron chi connectivity index (χ4n) is 3.78. The quantitative estimate of drug-likeness (QED) is 0.564. The Hall–Kier alpha value is -3.80. The summed E-state index contributed by atoms with van der Waals surface area (Å²) < 4.78 is 11.2. The predicted molar refractivity (Wildman–Crippen MR) is 129 cm³/mol. The van der Waals surface area contributed by atoms with Crippen LogP contribution in [0.15, 0.2) is 66.7 Å². The van der Waals surface area contributed by atoms with Crippen molar-refractivity contribution in [2.45, 2.75) is 39.8 Å². The van der Waals surface area contributed by atoms with Gasteiger partial charge in [-0.2, -0.15) is 0 Å². The SMILES string of the molecule is CCOc1ccc(CC(=O)Nc2ccc3c(c2)N(Cc2ccc(C)cc2)C(=O)C(C)O3)cc1. The number of ether oxygens (including phenoxy) is 2. The second kappa shape index (κ2) is 9.77. The van der Waals surface area contributed by atoms with Gasteiger partial charge in [0, 0.05) is 5.69 Å². The molecule has 0 saturated carbocycles. The number of nitrogens with one attached hydrogen (secondary N) is 1. The monoisotopic (exact) mass is 444 g/mol. The Morgan fingerprint density at radius 1 is 1.03 bits per heavy atom. The smallest absolute Gasteiger partial charge is 0.268 e. The number of nitrogens with zero attached hydrogens (tertiary/aromatic N) is 1. The summed E-state index contributed by atoms with van der Waals surface area (Å²) >= 11 is 0. The molecule has 170 valence electrons. The van der Waals surface area contributed by atoms with Crippen molar-refractivity contribution in [1.29, 1.82) is 0 Å². The van der Waals surface area contributed by atoms with Crippen LogP contribution in [-0.4, -0.2) is 24.5 Å². The molecule has 3 aromatic rings. The van der Waals surface area contributed by atoms with E-state index in [2.05, 4.69) is 5.32 Å². The van der Waals surface area contributed by atoms with Crippen molar-refractivity contribution in [1.82, 2.24) is 0 Å². The van der Waals surface area contributed by atoms with Gasteiger partial charge in [-0.1, -0.05) is 42.0 Å². The van der Waals surface area contributed by atoms with Crippen LogP contribution in [0.5, 0.6) is 11.5 Å². The fraction of sp³-hybridized carbons (Fsp3) is 0.259. The van der Waals surface area contributed by atoms with Gasteiger partial charge in [-0.25, -0.2) is 0 Å². The van der Waals surface area contributed by atoms with Crippen molar-refractivity contribution in [2.75, 3.05) is 16.8 Å². The van der Waals surface area contributed by atoms with Gasteiger partial charge < -0.3 is 19.7 Å². The Balaban J connectivity index is 1.50. The van der Waals surface area contributed by atoms with Crippen molar-refractivity contribution in [2.24, 2.45) is 0 Å². The molecular weight excluding hydrogens is 416 g/mol. The van der Waals surface area contributed by atoms with Crippen LogP contribution in [0.4, 0.5) is 11.4 Å². The number of hydrogen-bond acceptors (Lipinski definition) is 4. The highest BCUT2D eigenvalue weighted by atomic mass is 16.5. The molecule has 3 aromatic carbocycles. The number of benzene rings is 3. The van der Waals surface area contributed by atoms with E-state index in [1.807, 2.05) is 62.4 Å². The molecule has 6 nitrogen and oxygen atoms in total. The lowest BCUT2D eigenvalue weighted by molar-refractivity contribution is -0.125. The van der Waals surface area contributed by atoms with E-state index in [-0.39, 0.29) is 18.2 Å². The number of rotatable bonds is 7. The van der Waals surface area contributed by atoms with E-state index in [0.717, 1.165) is 16.9 Å². The van der Waals surface area contributed by atoms with Gasteiger partial charge in [0.1, 0.15) is 11.5 Å². The summed E-state index contributed by atoms with van der Waals surface area (Å²) in [4.78, 5) is 27.3. The maximum Gasteiger partial charge on any atom is 0.268 e. The zero-order valence-electron chi connectivity index (χ0n) is 19.1. The Kier molecular flexibility index (Phi) is 6.63. The second-order valence-corrected chi connectivity index (χ2v) is 8.15. The summed E-state index contributed by atoms with van der Waals surface area (Å²) in [5, 5.41) is 2.93. The highest BCUT2D eigenvalue weighted by molar-refractivity contribution is 6.01. The third-order valence-corrected chi connectivity index (χ3v) is 5.51. The van der Waals surface area contributed by atoms with E-state index in [1.54, 1.807) is 30.0 Å². The van der Waals surface area contributed by atoms with Crippen molar-refractivity contribution >= 4 is 23.2 Å². The molecule has 1 heterocycles. The molecule has 4 rings (SSSR count). The normalized spacial score (nSPS) is 14.9. The van der Waals surface area contributed by atoms with E-state index in [4.69, 9.17) is 9.47 Å². The van der Waals surface area contributed by atoms with E-state index in [1.165, 1.54) is 5.56 Å². The summed E-state index contributed by atoms with van der Waals surface area (Å²) in [6.07, 6.45) is -0.327. The average Bonchev–Trinajstić information content (AvgIpc) is 2.80. The molecule has 0 aliphatic carbocycles. The van der Waals surface area contributed by atoms with Gasteiger partial charge in [-0.05, 0) is 62.2 Å². The highest BCUT2D eigenvalue weighted by Gasteiger charge is 2.31. The molecule has 0 saturated heterocycles. The minimum atomic E-state index is -0.567. The Labute approximate surface area is 194 Å². The molecule has 0 fully saturated rings. The van der Waals surface area contributed by atoms with E-state index >= 15 is 0 Å². The number of fused-ring (bicyclic) bond motifs is 1. The first-order valence-electron chi connectivity index (χ1n) is 11.1. The molecule has 1 aliphatic heterocycles. The number of carbonyl (C=O) groups is 2. The van der Waals surface area contributed by atoms with Gasteiger partial charge in [0.15, 0.2) is 6.10 Å². The van der Waals surface area contributed by atoms with Crippen LogP contribution in [0.2, 0.25) is 0 Å². The summed E-state index contributed by atoms with van der Waals surface area (Å²) in [6.45, 7) is 6.75. The number of amides is 2. The van der Waals surface area contributed by atoms with Gasteiger partial charge in [0.25, 0.3) is 5.91 Å². The van der Waals surface area contributed by atoms with Gasteiger partial charge in [0.05, 0.1) is 25.3 Å². The Morgan fingerprint density at radius 3 is 2.42 bits per heavy atom. The second-order valence-electron chi connectivity index (χ2n) is 8.15. The lowest BCUT2D eigenvalue weighted by atomic mass is 10.1. The predicted octanol–water partition coefficient (Wildman–Crippen LogP) is 4.89. The molecule has 0 aromatic heterocycles. The van der Waals surface area contributed by atoms with Gasteiger partial charge in [-0.3, -0.25) is 9.59 Å². The topological polar surface area (TPSA) is 67.9 Å². The van der Waals surface area contributed by atoms with Crippen molar-refractivity contribution < 1.29 is 19.1 Å². The summed E-state index contributed by atoms with van der Waals surface area (Å²) in [5.41, 5.74) is 4.35. The minimum Gasteiger partial charge on any atom is -0.494 e.